The van der Waals surface area contributed by atoms with Gasteiger partial charge in [0.25, 0.3) is 0 Å². The molecule has 8 nitrogen and oxygen atoms in total. The summed E-state index contributed by atoms with van der Waals surface area (Å²) in [5, 5.41) is 7.11. The van der Waals surface area contributed by atoms with Gasteiger partial charge in [0.2, 0.25) is 11.9 Å². The molecular weight excluding hydrogens is 531 g/mol. The van der Waals surface area contributed by atoms with Crippen molar-refractivity contribution in [3.05, 3.63) is 93.2 Å². The summed E-state index contributed by atoms with van der Waals surface area (Å²) in [5.74, 6) is 2.70. The first-order valence-electron chi connectivity index (χ1n) is 13.1. The summed E-state index contributed by atoms with van der Waals surface area (Å²) < 4.78 is 37.1. The van der Waals surface area contributed by atoms with Crippen molar-refractivity contribution in [3.63, 3.8) is 0 Å². The van der Waals surface area contributed by atoms with E-state index >= 15 is 0 Å². The summed E-state index contributed by atoms with van der Waals surface area (Å²) in [7, 11) is 1.65. The Bertz CT molecular complexity index is 1580. The van der Waals surface area contributed by atoms with E-state index in [1.807, 2.05) is 17.7 Å². The van der Waals surface area contributed by atoms with Crippen LogP contribution >= 0.6 is 11.3 Å². The van der Waals surface area contributed by atoms with Crippen LogP contribution in [-0.4, -0.2) is 36.5 Å². The summed E-state index contributed by atoms with van der Waals surface area (Å²) in [4.78, 5) is 6.74. The van der Waals surface area contributed by atoms with E-state index in [1.165, 1.54) is 34.6 Å². The molecule has 0 spiro atoms. The number of thiazole rings is 1. The van der Waals surface area contributed by atoms with Gasteiger partial charge in [0, 0.05) is 41.8 Å². The van der Waals surface area contributed by atoms with Gasteiger partial charge in [0.1, 0.15) is 12.4 Å². The quantitative estimate of drug-likeness (QED) is 0.230. The molecule has 1 unspecified atom stereocenters. The molecule has 4 aromatic rings. The molecule has 0 aliphatic carbocycles. The SMILES string of the molecule is COc1cc(/C=N/Nc2nccs2)c2c(c1OCc1ccc(F)cc1)CN1CCc3cc4c(cc3C1C2)OCO4. The Morgan fingerprint density at radius 3 is 2.83 bits per heavy atom. The van der Waals surface area contributed by atoms with Gasteiger partial charge in [-0.25, -0.2) is 9.37 Å². The van der Waals surface area contributed by atoms with Gasteiger partial charge >= 0.3 is 0 Å². The smallest absolute Gasteiger partial charge is 0.231 e. The molecule has 3 aliphatic rings. The number of anilines is 1. The minimum absolute atomic E-state index is 0.183. The number of hydrazone groups is 1. The number of aromatic nitrogens is 1. The molecule has 1 N–H and O–H groups in total. The largest absolute Gasteiger partial charge is 0.493 e. The van der Waals surface area contributed by atoms with Crippen LogP contribution in [0.4, 0.5) is 9.52 Å². The maximum Gasteiger partial charge on any atom is 0.231 e. The van der Waals surface area contributed by atoms with Crippen molar-refractivity contribution in [2.75, 3.05) is 25.9 Å². The molecular formula is C30H27FN4O4S. The third kappa shape index (κ3) is 4.63. The number of methoxy groups -OCH3 is 1. The molecule has 0 fully saturated rings. The lowest BCUT2D eigenvalue weighted by Crippen LogP contribution is -2.40. The monoisotopic (exact) mass is 558 g/mol. The minimum Gasteiger partial charge on any atom is -0.493 e. The minimum atomic E-state index is -0.271. The van der Waals surface area contributed by atoms with E-state index in [0.717, 1.165) is 58.3 Å². The highest BCUT2D eigenvalue weighted by atomic mass is 32.1. The van der Waals surface area contributed by atoms with Crippen LogP contribution in [0.1, 0.15) is 39.4 Å². The van der Waals surface area contributed by atoms with Gasteiger partial charge in [-0.1, -0.05) is 12.1 Å². The van der Waals surface area contributed by atoms with E-state index in [9.17, 15) is 4.39 Å². The molecule has 3 aromatic carbocycles. The lowest BCUT2D eigenvalue weighted by atomic mass is 9.82. The highest BCUT2D eigenvalue weighted by Crippen LogP contribution is 2.47. The number of hydrogen-bond donors (Lipinski definition) is 1. The van der Waals surface area contributed by atoms with Gasteiger partial charge in [0.05, 0.1) is 13.3 Å². The van der Waals surface area contributed by atoms with Crippen LogP contribution in [0.5, 0.6) is 23.0 Å². The fourth-order valence-corrected chi connectivity index (χ4v) is 6.20. The predicted molar refractivity (Wildman–Crippen MR) is 150 cm³/mol. The molecule has 1 aromatic heterocycles. The summed E-state index contributed by atoms with van der Waals surface area (Å²) >= 11 is 1.49. The van der Waals surface area contributed by atoms with Gasteiger partial charge in [-0.15, -0.1) is 11.3 Å². The van der Waals surface area contributed by atoms with Crippen LogP contribution < -0.4 is 24.4 Å². The molecule has 4 heterocycles. The van der Waals surface area contributed by atoms with Gasteiger partial charge in [0.15, 0.2) is 23.0 Å². The van der Waals surface area contributed by atoms with E-state index in [0.29, 0.717) is 24.7 Å². The second-order valence-electron chi connectivity index (χ2n) is 9.92. The van der Waals surface area contributed by atoms with Crippen LogP contribution in [-0.2, 0) is 26.0 Å². The zero-order chi connectivity index (χ0) is 27.1. The van der Waals surface area contributed by atoms with Crippen molar-refractivity contribution >= 4 is 22.7 Å². The molecule has 0 saturated heterocycles. The fourth-order valence-electron chi connectivity index (χ4n) is 5.73. The number of rotatable bonds is 7. The van der Waals surface area contributed by atoms with E-state index in [4.69, 9.17) is 18.9 Å². The van der Waals surface area contributed by atoms with Gasteiger partial charge in [-0.3, -0.25) is 10.3 Å². The number of hydrogen-bond acceptors (Lipinski definition) is 9. The first-order chi connectivity index (χ1) is 19.7. The lowest BCUT2D eigenvalue weighted by Gasteiger charge is -2.42. The number of halogens is 1. The topological polar surface area (TPSA) is 77.4 Å². The van der Waals surface area contributed by atoms with Crippen LogP contribution in [0.15, 0.2) is 59.1 Å². The first-order valence-corrected chi connectivity index (χ1v) is 14.0. The Kier molecular flexibility index (Phi) is 6.49. The molecule has 0 saturated carbocycles. The Morgan fingerprint density at radius 1 is 1.18 bits per heavy atom. The maximum atomic E-state index is 13.5. The lowest BCUT2D eigenvalue weighted by molar-refractivity contribution is 0.155. The zero-order valence-electron chi connectivity index (χ0n) is 21.9. The number of ether oxygens (including phenoxy) is 4. The molecule has 40 heavy (non-hydrogen) atoms. The highest BCUT2D eigenvalue weighted by Gasteiger charge is 2.37. The second kappa shape index (κ2) is 10.4. The molecule has 7 rings (SSSR count). The Morgan fingerprint density at radius 2 is 2.02 bits per heavy atom. The summed E-state index contributed by atoms with van der Waals surface area (Å²) in [6.45, 7) is 2.18. The van der Waals surface area contributed by atoms with E-state index in [-0.39, 0.29) is 18.7 Å². The summed E-state index contributed by atoms with van der Waals surface area (Å²) in [5.41, 5.74) is 9.67. The van der Waals surface area contributed by atoms with Crippen molar-refractivity contribution < 1.29 is 23.3 Å². The van der Waals surface area contributed by atoms with Gasteiger partial charge in [-0.2, -0.15) is 5.10 Å². The van der Waals surface area contributed by atoms with Crippen LogP contribution in [0.25, 0.3) is 0 Å². The van der Waals surface area contributed by atoms with Crippen molar-refractivity contribution in [1.82, 2.24) is 9.88 Å². The third-order valence-corrected chi connectivity index (χ3v) is 8.35. The third-order valence-electron chi connectivity index (χ3n) is 7.67. The second-order valence-corrected chi connectivity index (χ2v) is 10.8. The van der Waals surface area contributed by atoms with Crippen LogP contribution in [0.3, 0.4) is 0 Å². The first kappa shape index (κ1) is 24.9. The van der Waals surface area contributed by atoms with Gasteiger partial charge in [-0.05, 0) is 65.4 Å². The molecule has 3 aliphatic heterocycles. The maximum absolute atomic E-state index is 13.5. The standard InChI is InChI=1S/C30H27FN4O4S/c1-36-28-11-20(14-33-34-30-32-7-9-40-30)22-12-25-23-13-27-26(38-17-39-27)10-19(23)6-8-35(25)15-24(22)29(28)37-16-18-2-4-21(31)5-3-18/h2-5,7,9-11,13-14,25H,6,8,12,15-17H2,1H3,(H,32,34)/b33-14+. The average Bonchev–Trinajstić information content (AvgIpc) is 3.67. The van der Waals surface area contributed by atoms with E-state index in [2.05, 4.69) is 32.5 Å². The normalized spacial score (nSPS) is 17.3. The van der Waals surface area contributed by atoms with E-state index in [1.54, 1.807) is 25.4 Å². The molecule has 0 bridgehead atoms. The number of nitrogens with one attached hydrogen (secondary N) is 1. The van der Waals surface area contributed by atoms with Crippen molar-refractivity contribution in [2.45, 2.75) is 32.0 Å². The average molecular weight is 559 g/mol. The molecule has 10 heteroatoms. The molecule has 204 valence electrons. The Balaban J connectivity index is 1.27. The number of fused-ring (bicyclic) bond motifs is 5. The summed E-state index contributed by atoms with van der Waals surface area (Å²) in [6, 6.07) is 12.8. The molecule has 0 amide bonds. The zero-order valence-corrected chi connectivity index (χ0v) is 22.7. The summed E-state index contributed by atoms with van der Waals surface area (Å²) in [6.07, 6.45) is 5.27. The Hall–Kier alpha value is -4.15. The van der Waals surface area contributed by atoms with Gasteiger partial charge < -0.3 is 18.9 Å². The Labute approximate surface area is 235 Å². The van der Waals surface area contributed by atoms with Crippen molar-refractivity contribution in [2.24, 2.45) is 5.10 Å². The van der Waals surface area contributed by atoms with Crippen LogP contribution in [0.2, 0.25) is 0 Å². The number of nitrogens with zero attached hydrogens (tertiary/aromatic N) is 3. The predicted octanol–water partition coefficient (Wildman–Crippen LogP) is 5.70. The van der Waals surface area contributed by atoms with E-state index < -0.39 is 0 Å². The number of benzene rings is 3. The van der Waals surface area contributed by atoms with Crippen molar-refractivity contribution in [3.8, 4) is 23.0 Å². The molecule has 0 radical (unpaired) electrons. The van der Waals surface area contributed by atoms with Crippen molar-refractivity contribution in [1.29, 1.82) is 0 Å². The van der Waals surface area contributed by atoms with Crippen LogP contribution in [0, 0.1) is 5.82 Å². The molecule has 1 atom stereocenters. The highest BCUT2D eigenvalue weighted by molar-refractivity contribution is 7.13. The fraction of sp³-hybridized carbons (Fsp3) is 0.267.